The van der Waals surface area contributed by atoms with E-state index >= 15 is 0 Å². The van der Waals surface area contributed by atoms with E-state index in [0.29, 0.717) is 12.2 Å². The monoisotopic (exact) mass is 212 g/mol. The van der Waals surface area contributed by atoms with Gasteiger partial charge in [-0.05, 0) is 6.92 Å². The van der Waals surface area contributed by atoms with Crippen LogP contribution in [0.3, 0.4) is 0 Å². The zero-order valence-corrected chi connectivity index (χ0v) is 8.48. The Hall–Kier alpha value is -1.69. The number of methoxy groups -OCH3 is 1. The fraction of sp³-hybridized carbons (Fsp3) is 0.444. The Kier molecular flexibility index (Phi) is 3.56. The summed E-state index contributed by atoms with van der Waals surface area (Å²) in [6.45, 7) is 1.80. The molecule has 0 fully saturated rings. The van der Waals surface area contributed by atoms with Gasteiger partial charge in [-0.2, -0.15) is 0 Å². The maximum Gasteiger partial charge on any atom is 0.354 e. The van der Waals surface area contributed by atoms with Crippen LogP contribution in [0.2, 0.25) is 0 Å². The smallest absolute Gasteiger partial charge is 0.354 e. The highest BCUT2D eigenvalue weighted by molar-refractivity contribution is 5.85. The molecule has 6 heteroatoms. The molecule has 0 saturated carbocycles. The lowest BCUT2D eigenvalue weighted by atomic mass is 10.2. The third-order valence-electron chi connectivity index (χ3n) is 1.89. The fourth-order valence-corrected chi connectivity index (χ4v) is 1.07. The van der Waals surface area contributed by atoms with Gasteiger partial charge in [-0.25, -0.2) is 9.78 Å². The Bertz CT molecular complexity index is 413. The van der Waals surface area contributed by atoms with E-state index in [4.69, 9.17) is 9.84 Å². The lowest BCUT2D eigenvalue weighted by molar-refractivity contribution is 0.0688. The molecular weight excluding hydrogens is 200 g/mol. The van der Waals surface area contributed by atoms with Crippen LogP contribution in [0.5, 0.6) is 0 Å². The van der Waals surface area contributed by atoms with E-state index in [0.717, 1.165) is 6.07 Å². The van der Waals surface area contributed by atoms with Gasteiger partial charge in [0, 0.05) is 19.6 Å². The Morgan fingerprint density at radius 1 is 1.73 bits per heavy atom. The summed E-state index contributed by atoms with van der Waals surface area (Å²) in [6.07, 6.45) is 0.240. The van der Waals surface area contributed by atoms with E-state index in [1.54, 1.807) is 6.92 Å². The van der Waals surface area contributed by atoms with Crippen LogP contribution < -0.4 is 5.56 Å². The van der Waals surface area contributed by atoms with Crippen molar-refractivity contribution < 1.29 is 14.6 Å². The third-order valence-corrected chi connectivity index (χ3v) is 1.89. The number of hydrogen-bond donors (Lipinski definition) is 2. The van der Waals surface area contributed by atoms with Crippen molar-refractivity contribution in [1.29, 1.82) is 0 Å². The molecule has 6 nitrogen and oxygen atoms in total. The van der Waals surface area contributed by atoms with E-state index < -0.39 is 11.5 Å². The van der Waals surface area contributed by atoms with Crippen LogP contribution >= 0.6 is 0 Å². The molecule has 1 atom stereocenters. The predicted octanol–water partition coefficient (Wildman–Crippen LogP) is 0.0455. The number of ether oxygens (including phenoxy) is 1. The van der Waals surface area contributed by atoms with Crippen LogP contribution in [0.15, 0.2) is 10.9 Å². The van der Waals surface area contributed by atoms with Crippen LogP contribution in [-0.2, 0) is 11.2 Å². The average Bonchev–Trinajstić information content (AvgIpc) is 2.16. The molecule has 0 aliphatic rings. The molecule has 0 bridgehead atoms. The van der Waals surface area contributed by atoms with E-state index in [9.17, 15) is 9.59 Å². The Labute approximate surface area is 85.9 Å². The van der Waals surface area contributed by atoms with Gasteiger partial charge in [-0.3, -0.25) is 4.79 Å². The van der Waals surface area contributed by atoms with Crippen LogP contribution in [0.25, 0.3) is 0 Å². The van der Waals surface area contributed by atoms with Gasteiger partial charge < -0.3 is 14.8 Å². The van der Waals surface area contributed by atoms with Crippen molar-refractivity contribution in [3.05, 3.63) is 27.9 Å². The zero-order valence-electron chi connectivity index (χ0n) is 8.48. The highest BCUT2D eigenvalue weighted by Gasteiger charge is 2.10. The largest absolute Gasteiger partial charge is 0.477 e. The first-order chi connectivity index (χ1) is 7.02. The number of aromatic nitrogens is 2. The lowest BCUT2D eigenvalue weighted by Gasteiger charge is -2.08. The summed E-state index contributed by atoms with van der Waals surface area (Å²) in [6, 6.07) is 0.948. The number of carboxylic acids is 1. The van der Waals surface area contributed by atoms with Crippen LogP contribution in [0.1, 0.15) is 23.2 Å². The highest BCUT2D eigenvalue weighted by Crippen LogP contribution is 1.99. The summed E-state index contributed by atoms with van der Waals surface area (Å²) in [5, 5.41) is 8.68. The van der Waals surface area contributed by atoms with Crippen LogP contribution in [0, 0.1) is 0 Å². The van der Waals surface area contributed by atoms with Gasteiger partial charge in [0.2, 0.25) is 0 Å². The van der Waals surface area contributed by atoms with Crippen molar-refractivity contribution in [2.24, 2.45) is 0 Å². The normalized spacial score (nSPS) is 12.4. The molecule has 0 spiro atoms. The SMILES string of the molecule is COC(C)Cc1nc(C(=O)O)cc(=O)[nH]1. The molecule has 0 saturated heterocycles. The summed E-state index contributed by atoms with van der Waals surface area (Å²) in [7, 11) is 1.53. The number of hydrogen-bond acceptors (Lipinski definition) is 4. The molecule has 0 aliphatic carbocycles. The van der Waals surface area contributed by atoms with Crippen molar-refractivity contribution in [3.8, 4) is 0 Å². The minimum absolute atomic E-state index is 0.128. The zero-order chi connectivity index (χ0) is 11.4. The molecule has 0 aromatic carbocycles. The summed E-state index contributed by atoms with van der Waals surface area (Å²) in [4.78, 5) is 27.9. The molecule has 0 radical (unpaired) electrons. The molecule has 1 heterocycles. The van der Waals surface area contributed by atoms with Gasteiger partial charge in [0.05, 0.1) is 6.10 Å². The summed E-state index contributed by atoms with van der Waals surface area (Å²) >= 11 is 0. The highest BCUT2D eigenvalue weighted by atomic mass is 16.5. The standard InChI is InChI=1S/C9H12N2O4/c1-5(15-2)3-7-10-6(9(13)14)4-8(12)11-7/h4-5H,3H2,1-2H3,(H,13,14)(H,10,11,12). The maximum absolute atomic E-state index is 11.1. The van der Waals surface area contributed by atoms with Gasteiger partial charge in [0.15, 0.2) is 5.69 Å². The van der Waals surface area contributed by atoms with Crippen molar-refractivity contribution >= 4 is 5.97 Å². The van der Waals surface area contributed by atoms with E-state index in [1.165, 1.54) is 7.11 Å². The minimum Gasteiger partial charge on any atom is -0.477 e. The van der Waals surface area contributed by atoms with Crippen LogP contribution in [-0.4, -0.2) is 34.3 Å². The molecule has 1 rings (SSSR count). The average molecular weight is 212 g/mol. The second-order valence-corrected chi connectivity index (χ2v) is 3.13. The van der Waals surface area contributed by atoms with Gasteiger partial charge in [-0.1, -0.05) is 0 Å². The van der Waals surface area contributed by atoms with Crippen molar-refractivity contribution in [1.82, 2.24) is 9.97 Å². The first kappa shape index (κ1) is 11.4. The fourth-order valence-electron chi connectivity index (χ4n) is 1.07. The topological polar surface area (TPSA) is 92.3 Å². The Balaban J connectivity index is 2.99. The van der Waals surface area contributed by atoms with E-state index in [-0.39, 0.29) is 11.8 Å². The number of H-pyrrole nitrogens is 1. The third kappa shape index (κ3) is 3.17. The molecular formula is C9H12N2O4. The second kappa shape index (κ2) is 4.70. The molecule has 0 amide bonds. The number of nitrogens with zero attached hydrogens (tertiary/aromatic N) is 1. The Morgan fingerprint density at radius 3 is 2.93 bits per heavy atom. The summed E-state index contributed by atoms with van der Waals surface area (Å²) in [5.41, 5.74) is -0.724. The van der Waals surface area contributed by atoms with Crippen molar-refractivity contribution in [2.75, 3.05) is 7.11 Å². The van der Waals surface area contributed by atoms with Crippen molar-refractivity contribution in [2.45, 2.75) is 19.4 Å². The molecule has 15 heavy (non-hydrogen) atoms. The van der Waals surface area contributed by atoms with E-state index in [1.807, 2.05) is 0 Å². The molecule has 2 N–H and O–H groups in total. The molecule has 1 aromatic rings. The second-order valence-electron chi connectivity index (χ2n) is 3.13. The molecule has 0 aliphatic heterocycles. The summed E-state index contributed by atoms with van der Waals surface area (Å²) in [5.74, 6) is -0.901. The minimum atomic E-state index is -1.22. The quantitative estimate of drug-likeness (QED) is 0.735. The van der Waals surface area contributed by atoms with Gasteiger partial charge in [-0.15, -0.1) is 0 Å². The number of rotatable bonds is 4. The molecule has 1 unspecified atom stereocenters. The number of carboxylic acid groups (broad SMARTS) is 1. The lowest BCUT2D eigenvalue weighted by Crippen LogP contribution is -2.19. The first-order valence-corrected chi connectivity index (χ1v) is 4.39. The number of carbonyl (C=O) groups is 1. The van der Waals surface area contributed by atoms with Gasteiger partial charge >= 0.3 is 5.97 Å². The maximum atomic E-state index is 11.1. The van der Waals surface area contributed by atoms with Crippen molar-refractivity contribution in [3.63, 3.8) is 0 Å². The van der Waals surface area contributed by atoms with E-state index in [2.05, 4.69) is 9.97 Å². The van der Waals surface area contributed by atoms with Gasteiger partial charge in [0.1, 0.15) is 5.82 Å². The number of aromatic amines is 1. The summed E-state index contributed by atoms with van der Waals surface area (Å²) < 4.78 is 4.98. The first-order valence-electron chi connectivity index (χ1n) is 4.39. The molecule has 1 aromatic heterocycles. The predicted molar refractivity (Wildman–Crippen MR) is 52.0 cm³/mol. The number of aromatic carboxylic acids is 1. The van der Waals surface area contributed by atoms with Crippen LogP contribution in [0.4, 0.5) is 0 Å². The molecule has 82 valence electrons. The van der Waals surface area contributed by atoms with Gasteiger partial charge in [0.25, 0.3) is 5.56 Å². The Morgan fingerprint density at radius 2 is 2.40 bits per heavy atom. The number of nitrogens with one attached hydrogen (secondary N) is 1.